The number of fused-ring (bicyclic) bond motifs is 21. The van der Waals surface area contributed by atoms with Crippen LogP contribution in [-0.2, 0) is 11.8 Å². The summed E-state index contributed by atoms with van der Waals surface area (Å²) >= 11 is 0. The zero-order chi connectivity index (χ0) is 45.9. The minimum Gasteiger partial charge on any atom is -0.456 e. The van der Waals surface area contributed by atoms with Crippen molar-refractivity contribution in [2.75, 3.05) is 4.90 Å². The molecule has 11 aromatic rings. The van der Waals surface area contributed by atoms with Crippen molar-refractivity contribution in [2.45, 2.75) is 11.8 Å². The van der Waals surface area contributed by atoms with Crippen LogP contribution in [0.1, 0.15) is 33.4 Å². The number of ether oxygens (including phenoxy) is 1. The van der Waals surface area contributed by atoms with E-state index < -0.39 is 5.41 Å². The van der Waals surface area contributed by atoms with Gasteiger partial charge in [0.1, 0.15) is 11.5 Å². The van der Waals surface area contributed by atoms with Crippen LogP contribution in [0.3, 0.4) is 0 Å². The monoisotopic (exact) mass is 889 g/mol. The minimum absolute atomic E-state index is 0.670. The highest BCUT2D eigenvalue weighted by Crippen LogP contribution is 2.64. The normalized spacial score (nSPS) is 14.7. The molecule has 0 saturated carbocycles. The van der Waals surface area contributed by atoms with Crippen LogP contribution in [-0.4, -0.2) is 0 Å². The summed E-state index contributed by atoms with van der Waals surface area (Å²) in [6.45, 7) is 0. The zero-order valence-corrected chi connectivity index (χ0v) is 38.2. The van der Waals surface area contributed by atoms with Gasteiger partial charge in [0.25, 0.3) is 0 Å². The fourth-order valence-electron chi connectivity index (χ4n) is 12.7. The predicted molar refractivity (Wildman–Crippen MR) is 287 cm³/mol. The van der Waals surface area contributed by atoms with Crippen LogP contribution in [0.2, 0.25) is 0 Å². The molecule has 1 atom stereocenters. The topological polar surface area (TPSA) is 12.5 Å². The predicted octanol–water partition coefficient (Wildman–Crippen LogP) is 17.8. The maximum Gasteiger partial charge on any atom is 0.135 e. The Hall–Kier alpha value is -8.98. The lowest BCUT2D eigenvalue weighted by atomic mass is 9.65. The van der Waals surface area contributed by atoms with Crippen LogP contribution in [0.5, 0.6) is 11.5 Å². The number of hydrogen-bond donors (Lipinski definition) is 0. The highest BCUT2D eigenvalue weighted by Gasteiger charge is 2.51. The van der Waals surface area contributed by atoms with Gasteiger partial charge in [0.15, 0.2) is 0 Å². The Morgan fingerprint density at radius 3 is 1.60 bits per heavy atom. The van der Waals surface area contributed by atoms with Gasteiger partial charge < -0.3 is 9.64 Å². The standard InChI is InChI=1S/C68H43NO/c1-2-18-43(19-3-1)48-21-12-16-32-63(48)69(46-36-39-65-58(41-46)53-26-9-8-25-52(53)56-28-13-17-33-64(56)70-65)47-35-37-55-51-24-7-6-23-50(51)54-27-10-14-30-59(54)68(62(55)42-47)60-31-15-11-29-57(60)67-61(68)38-34-45-40-44-20-4-5-22-49(44)66(45)67/h1-39,41-42H,40H2. The highest BCUT2D eigenvalue weighted by atomic mass is 16.5. The number of nitrogens with zero attached hydrogens (tertiary/aromatic N) is 1. The van der Waals surface area contributed by atoms with Crippen molar-refractivity contribution in [1.82, 2.24) is 0 Å². The van der Waals surface area contributed by atoms with Gasteiger partial charge in [-0.1, -0.05) is 206 Å². The molecule has 0 saturated heterocycles. The van der Waals surface area contributed by atoms with Gasteiger partial charge >= 0.3 is 0 Å². The zero-order valence-electron chi connectivity index (χ0n) is 38.2. The molecule has 0 radical (unpaired) electrons. The van der Waals surface area contributed by atoms with E-state index in [0.29, 0.717) is 0 Å². The molecule has 2 heteroatoms. The third-order valence-electron chi connectivity index (χ3n) is 15.5. The van der Waals surface area contributed by atoms with Crippen LogP contribution in [0.15, 0.2) is 249 Å². The smallest absolute Gasteiger partial charge is 0.135 e. The number of para-hydroxylation sites is 2. The Balaban J connectivity index is 1.05. The Morgan fingerprint density at radius 2 is 0.829 bits per heavy atom. The van der Waals surface area contributed by atoms with Gasteiger partial charge in [-0.25, -0.2) is 0 Å². The Labute approximate surface area is 408 Å². The van der Waals surface area contributed by atoms with E-state index in [1.165, 1.54) is 77.9 Å². The van der Waals surface area contributed by atoms with E-state index >= 15 is 0 Å². The molecular formula is C68H43NO. The summed E-state index contributed by atoms with van der Waals surface area (Å²) in [7, 11) is 0. The van der Waals surface area contributed by atoms with Gasteiger partial charge in [-0.15, -0.1) is 0 Å². The van der Waals surface area contributed by atoms with E-state index in [0.717, 1.165) is 68.4 Å². The third kappa shape index (κ3) is 5.44. The SMILES string of the molecule is c1ccc(-c2ccccc2N(c2ccc3c(c2)-c2ccccc2-c2ccccc2O3)c2ccc3c(c2)C2(c4ccccc4-c4ccccc4-3)c3ccccc3-c3c2ccc2c3-c3ccccc3C2)cc1. The molecule has 1 heterocycles. The van der Waals surface area contributed by atoms with E-state index in [4.69, 9.17) is 4.74 Å². The number of rotatable bonds is 4. The number of anilines is 3. The van der Waals surface area contributed by atoms with E-state index in [-0.39, 0.29) is 0 Å². The summed E-state index contributed by atoms with van der Waals surface area (Å²) in [6, 6.07) is 92.3. The van der Waals surface area contributed by atoms with Gasteiger partial charge in [-0.3, -0.25) is 0 Å². The molecule has 326 valence electrons. The molecule has 11 aromatic carbocycles. The molecule has 1 unspecified atom stereocenters. The van der Waals surface area contributed by atoms with Crippen molar-refractivity contribution in [3.63, 3.8) is 0 Å². The van der Waals surface area contributed by atoms with E-state index in [1.807, 2.05) is 0 Å². The first-order chi connectivity index (χ1) is 34.7. The third-order valence-corrected chi connectivity index (χ3v) is 15.5. The molecule has 2 nitrogen and oxygen atoms in total. The Bertz CT molecular complexity index is 3980. The van der Waals surface area contributed by atoms with Crippen LogP contribution in [0, 0.1) is 0 Å². The lowest BCUT2D eigenvalue weighted by Gasteiger charge is -2.37. The molecule has 4 aliphatic rings. The fraction of sp³-hybridized carbons (Fsp3) is 0.0294. The fourth-order valence-corrected chi connectivity index (χ4v) is 12.7. The molecule has 1 spiro atoms. The molecule has 0 fully saturated rings. The summed E-state index contributed by atoms with van der Waals surface area (Å²) in [5.74, 6) is 1.69. The average molecular weight is 890 g/mol. The first kappa shape index (κ1) is 39.1. The Morgan fingerprint density at radius 1 is 0.300 bits per heavy atom. The highest BCUT2D eigenvalue weighted by molar-refractivity contribution is 6.04. The summed E-state index contributed by atoms with van der Waals surface area (Å²) < 4.78 is 6.84. The second kappa shape index (κ2) is 15.0. The summed E-state index contributed by atoms with van der Waals surface area (Å²) in [5, 5.41) is 0. The summed E-state index contributed by atoms with van der Waals surface area (Å²) in [5.41, 5.74) is 27.6. The van der Waals surface area contributed by atoms with E-state index in [1.54, 1.807) is 0 Å². The largest absolute Gasteiger partial charge is 0.456 e. The lowest BCUT2D eigenvalue weighted by Crippen LogP contribution is -2.29. The van der Waals surface area contributed by atoms with E-state index in [9.17, 15) is 0 Å². The first-order valence-corrected chi connectivity index (χ1v) is 24.4. The maximum absolute atomic E-state index is 6.84. The molecule has 0 bridgehead atoms. The maximum atomic E-state index is 6.84. The lowest BCUT2D eigenvalue weighted by molar-refractivity contribution is 0.488. The van der Waals surface area contributed by atoms with Crippen molar-refractivity contribution in [2.24, 2.45) is 0 Å². The second-order valence-corrected chi connectivity index (χ2v) is 19.0. The second-order valence-electron chi connectivity index (χ2n) is 19.0. The van der Waals surface area contributed by atoms with Crippen molar-refractivity contribution < 1.29 is 4.74 Å². The summed E-state index contributed by atoms with van der Waals surface area (Å²) in [4.78, 5) is 2.49. The molecule has 1 aliphatic heterocycles. The molecule has 70 heavy (non-hydrogen) atoms. The number of benzene rings is 11. The van der Waals surface area contributed by atoms with Crippen molar-refractivity contribution in [3.05, 3.63) is 282 Å². The van der Waals surface area contributed by atoms with Crippen LogP contribution >= 0.6 is 0 Å². The van der Waals surface area contributed by atoms with Gasteiger partial charge in [0, 0.05) is 28.1 Å². The quantitative estimate of drug-likeness (QED) is 0.175. The van der Waals surface area contributed by atoms with Crippen molar-refractivity contribution in [3.8, 4) is 89.4 Å². The van der Waals surface area contributed by atoms with Gasteiger partial charge in [0.2, 0.25) is 0 Å². The molecule has 0 amide bonds. The Kier molecular flexibility index (Phi) is 8.38. The van der Waals surface area contributed by atoms with Crippen molar-refractivity contribution >= 4 is 17.1 Å². The van der Waals surface area contributed by atoms with E-state index in [2.05, 4.69) is 254 Å². The molecule has 0 N–H and O–H groups in total. The van der Waals surface area contributed by atoms with Gasteiger partial charge in [0.05, 0.1) is 11.1 Å². The van der Waals surface area contributed by atoms with Crippen molar-refractivity contribution in [1.29, 1.82) is 0 Å². The molecule has 15 rings (SSSR count). The van der Waals surface area contributed by atoms with Gasteiger partial charge in [-0.2, -0.15) is 0 Å². The minimum atomic E-state index is -0.670. The molecule has 0 aromatic heterocycles. The molecular weight excluding hydrogens is 847 g/mol. The average Bonchev–Trinajstić information content (AvgIpc) is 3.87. The van der Waals surface area contributed by atoms with Crippen LogP contribution < -0.4 is 9.64 Å². The van der Waals surface area contributed by atoms with Crippen LogP contribution in [0.4, 0.5) is 17.1 Å². The first-order valence-electron chi connectivity index (χ1n) is 24.4. The van der Waals surface area contributed by atoms with Crippen LogP contribution in [0.25, 0.3) is 77.9 Å². The summed E-state index contributed by atoms with van der Waals surface area (Å²) in [6.07, 6.45) is 0.939. The van der Waals surface area contributed by atoms with Gasteiger partial charge in [-0.05, 0) is 143 Å². The molecule has 3 aliphatic carbocycles. The number of hydrogen-bond acceptors (Lipinski definition) is 2.